The number of rotatable bonds is 5. The Kier molecular flexibility index (Phi) is 6.12. The fraction of sp³-hybridized carbons (Fsp3) is 0.667. The maximum absolute atomic E-state index is 13.4. The minimum absolute atomic E-state index is 0.0247. The molecule has 29 heavy (non-hydrogen) atoms. The molecule has 3 aliphatic rings. The summed E-state index contributed by atoms with van der Waals surface area (Å²) in [5.41, 5.74) is 0.950. The lowest BCUT2D eigenvalue weighted by Gasteiger charge is -2.35. The second-order valence-electron chi connectivity index (χ2n) is 9.28. The van der Waals surface area contributed by atoms with Gasteiger partial charge in [-0.15, -0.1) is 0 Å². The summed E-state index contributed by atoms with van der Waals surface area (Å²) in [6, 6.07) is 7.32. The van der Waals surface area contributed by atoms with E-state index in [9.17, 15) is 9.59 Å². The van der Waals surface area contributed by atoms with Crippen LogP contribution < -0.4 is 10.1 Å². The van der Waals surface area contributed by atoms with Gasteiger partial charge in [0.1, 0.15) is 11.8 Å². The van der Waals surface area contributed by atoms with E-state index >= 15 is 0 Å². The first-order valence-electron chi connectivity index (χ1n) is 11.3. The lowest BCUT2D eigenvalue weighted by molar-refractivity contribution is -0.138. The van der Waals surface area contributed by atoms with E-state index in [1.165, 1.54) is 38.5 Å². The minimum Gasteiger partial charge on any atom is -0.497 e. The van der Waals surface area contributed by atoms with Gasteiger partial charge in [0, 0.05) is 19.0 Å². The van der Waals surface area contributed by atoms with Crippen molar-refractivity contribution in [2.24, 2.45) is 5.41 Å². The fourth-order valence-corrected chi connectivity index (χ4v) is 5.59. The van der Waals surface area contributed by atoms with Crippen LogP contribution in [0.2, 0.25) is 0 Å². The molecule has 1 aliphatic heterocycles. The standard InChI is InChI=1S/C24H34N2O3/c1-29-20-12-10-18(11-13-20)22(23(28)25-19-8-4-2-5-9-19)26-17-24(16-21(26)27)14-6-3-7-15-24/h10-13,19,22H,2-9,14-17H2,1H3,(H,25,28). The van der Waals surface area contributed by atoms with Crippen molar-refractivity contribution in [2.45, 2.75) is 82.7 Å². The molecule has 2 aliphatic carbocycles. The molecule has 1 saturated heterocycles. The molecule has 158 valence electrons. The molecule has 0 aromatic heterocycles. The molecule has 1 aromatic carbocycles. The number of nitrogens with one attached hydrogen (secondary N) is 1. The van der Waals surface area contributed by atoms with Crippen molar-refractivity contribution < 1.29 is 14.3 Å². The molecular formula is C24H34N2O3. The largest absolute Gasteiger partial charge is 0.497 e. The molecule has 3 fully saturated rings. The van der Waals surface area contributed by atoms with Crippen LogP contribution in [0, 0.1) is 5.41 Å². The van der Waals surface area contributed by atoms with Gasteiger partial charge in [0.25, 0.3) is 0 Å². The summed E-state index contributed by atoms with van der Waals surface area (Å²) in [5, 5.41) is 3.27. The molecule has 1 spiro atoms. The van der Waals surface area contributed by atoms with Crippen molar-refractivity contribution in [1.29, 1.82) is 0 Å². The van der Waals surface area contributed by atoms with Crippen molar-refractivity contribution in [2.75, 3.05) is 13.7 Å². The van der Waals surface area contributed by atoms with Crippen molar-refractivity contribution in [3.05, 3.63) is 29.8 Å². The molecule has 4 rings (SSSR count). The fourth-order valence-electron chi connectivity index (χ4n) is 5.59. The molecule has 1 heterocycles. The first-order chi connectivity index (χ1) is 14.1. The van der Waals surface area contributed by atoms with Crippen LogP contribution in [0.5, 0.6) is 5.75 Å². The minimum atomic E-state index is -0.545. The van der Waals surface area contributed by atoms with Crippen LogP contribution in [0.3, 0.4) is 0 Å². The maximum atomic E-state index is 13.4. The van der Waals surface area contributed by atoms with Crippen LogP contribution in [-0.4, -0.2) is 36.4 Å². The quantitative estimate of drug-likeness (QED) is 0.801. The monoisotopic (exact) mass is 398 g/mol. The number of amides is 2. The zero-order valence-electron chi connectivity index (χ0n) is 17.6. The Morgan fingerprint density at radius 3 is 2.38 bits per heavy atom. The second-order valence-corrected chi connectivity index (χ2v) is 9.28. The highest BCUT2D eigenvalue weighted by atomic mass is 16.5. The van der Waals surface area contributed by atoms with E-state index < -0.39 is 6.04 Å². The van der Waals surface area contributed by atoms with E-state index in [1.54, 1.807) is 7.11 Å². The third kappa shape index (κ3) is 4.44. The van der Waals surface area contributed by atoms with Crippen molar-refractivity contribution in [3.63, 3.8) is 0 Å². The molecule has 2 saturated carbocycles. The number of ether oxygens (including phenoxy) is 1. The summed E-state index contributed by atoms with van der Waals surface area (Å²) >= 11 is 0. The smallest absolute Gasteiger partial charge is 0.247 e. The Morgan fingerprint density at radius 1 is 1.07 bits per heavy atom. The summed E-state index contributed by atoms with van der Waals surface area (Å²) in [5.74, 6) is 0.867. The van der Waals surface area contributed by atoms with Gasteiger partial charge in [-0.05, 0) is 48.8 Å². The highest BCUT2D eigenvalue weighted by Crippen LogP contribution is 2.46. The molecule has 1 atom stereocenters. The average molecular weight is 399 g/mol. The van der Waals surface area contributed by atoms with Gasteiger partial charge in [0.05, 0.1) is 7.11 Å². The van der Waals surface area contributed by atoms with Gasteiger partial charge in [0.15, 0.2) is 0 Å². The third-order valence-corrected chi connectivity index (χ3v) is 7.21. The lowest BCUT2D eigenvalue weighted by Crippen LogP contribution is -2.46. The van der Waals surface area contributed by atoms with E-state index in [4.69, 9.17) is 4.74 Å². The summed E-state index contributed by atoms with van der Waals surface area (Å²) in [6.07, 6.45) is 12.1. The highest BCUT2D eigenvalue weighted by molar-refractivity contribution is 5.90. The number of nitrogens with zero attached hydrogens (tertiary/aromatic N) is 1. The molecular weight excluding hydrogens is 364 g/mol. The molecule has 1 unspecified atom stereocenters. The normalized spacial score (nSPS) is 23.2. The van der Waals surface area contributed by atoms with Crippen LogP contribution >= 0.6 is 0 Å². The number of carbonyl (C=O) groups is 2. The summed E-state index contributed by atoms with van der Waals surface area (Å²) in [4.78, 5) is 28.4. The van der Waals surface area contributed by atoms with Gasteiger partial charge in [-0.3, -0.25) is 9.59 Å². The van der Waals surface area contributed by atoms with Gasteiger partial charge in [0.2, 0.25) is 11.8 Å². The van der Waals surface area contributed by atoms with Crippen LogP contribution in [0.15, 0.2) is 24.3 Å². The number of benzene rings is 1. The van der Waals surface area contributed by atoms with Crippen molar-refractivity contribution in [3.8, 4) is 5.75 Å². The van der Waals surface area contributed by atoms with Crippen molar-refractivity contribution in [1.82, 2.24) is 10.2 Å². The number of methoxy groups -OCH3 is 1. The van der Waals surface area contributed by atoms with E-state index in [1.807, 2.05) is 29.2 Å². The third-order valence-electron chi connectivity index (χ3n) is 7.21. The summed E-state index contributed by atoms with van der Waals surface area (Å²) < 4.78 is 5.29. The lowest BCUT2D eigenvalue weighted by atomic mass is 9.73. The zero-order chi connectivity index (χ0) is 20.3. The van der Waals surface area contributed by atoms with Gasteiger partial charge in [-0.25, -0.2) is 0 Å². The summed E-state index contributed by atoms with van der Waals surface area (Å²) in [6.45, 7) is 0.709. The van der Waals surface area contributed by atoms with Crippen LogP contribution in [0.4, 0.5) is 0 Å². The van der Waals surface area contributed by atoms with Gasteiger partial charge >= 0.3 is 0 Å². The Morgan fingerprint density at radius 2 is 1.72 bits per heavy atom. The van der Waals surface area contributed by atoms with Gasteiger partial charge < -0.3 is 15.0 Å². The molecule has 0 bridgehead atoms. The van der Waals surface area contributed by atoms with E-state index in [-0.39, 0.29) is 23.3 Å². The number of hydrogen-bond acceptors (Lipinski definition) is 3. The van der Waals surface area contributed by atoms with Crippen LogP contribution in [0.25, 0.3) is 0 Å². The Bertz CT molecular complexity index is 718. The topological polar surface area (TPSA) is 58.6 Å². The first kappa shape index (κ1) is 20.2. The SMILES string of the molecule is COc1ccc(C(C(=O)NC2CCCCC2)N2CC3(CCCCC3)CC2=O)cc1. The molecule has 1 aromatic rings. The number of likely N-dealkylation sites (tertiary alicyclic amines) is 1. The first-order valence-corrected chi connectivity index (χ1v) is 11.3. The Hall–Kier alpha value is -2.04. The van der Waals surface area contributed by atoms with E-state index in [2.05, 4.69) is 5.32 Å². The van der Waals surface area contributed by atoms with Crippen molar-refractivity contribution >= 4 is 11.8 Å². The molecule has 2 amide bonds. The van der Waals surface area contributed by atoms with Crippen LogP contribution in [-0.2, 0) is 9.59 Å². The zero-order valence-corrected chi connectivity index (χ0v) is 17.6. The molecule has 1 N–H and O–H groups in total. The van der Waals surface area contributed by atoms with E-state index in [0.717, 1.165) is 37.0 Å². The number of carbonyl (C=O) groups excluding carboxylic acids is 2. The molecule has 5 nitrogen and oxygen atoms in total. The molecule has 0 radical (unpaired) electrons. The average Bonchev–Trinajstić information content (AvgIpc) is 3.05. The predicted molar refractivity (Wildman–Crippen MR) is 113 cm³/mol. The Balaban J connectivity index is 1.58. The van der Waals surface area contributed by atoms with Crippen LogP contribution in [0.1, 0.15) is 82.2 Å². The van der Waals surface area contributed by atoms with Gasteiger partial charge in [-0.2, -0.15) is 0 Å². The maximum Gasteiger partial charge on any atom is 0.247 e. The predicted octanol–water partition coefficient (Wildman–Crippen LogP) is 4.37. The summed E-state index contributed by atoms with van der Waals surface area (Å²) in [7, 11) is 1.64. The van der Waals surface area contributed by atoms with Gasteiger partial charge in [-0.1, -0.05) is 50.7 Å². The van der Waals surface area contributed by atoms with E-state index in [0.29, 0.717) is 13.0 Å². The number of hydrogen-bond donors (Lipinski definition) is 1. The second kappa shape index (κ2) is 8.76. The Labute approximate surface area is 174 Å². The molecule has 5 heteroatoms. The highest BCUT2D eigenvalue weighted by Gasteiger charge is 2.47.